The lowest BCUT2D eigenvalue weighted by Gasteiger charge is -2.37. The Balaban J connectivity index is 1.21. The van der Waals surface area contributed by atoms with Crippen LogP contribution in [0.5, 0.6) is 0 Å². The van der Waals surface area contributed by atoms with E-state index in [1.165, 1.54) is 83.5 Å². The van der Waals surface area contributed by atoms with Gasteiger partial charge in [0.25, 0.3) is 0 Å². The van der Waals surface area contributed by atoms with Gasteiger partial charge in [-0.15, -0.1) is 6.58 Å². The summed E-state index contributed by atoms with van der Waals surface area (Å²) in [6.45, 7) is 3.76. The van der Waals surface area contributed by atoms with Gasteiger partial charge in [-0.3, -0.25) is 4.39 Å². The van der Waals surface area contributed by atoms with Crippen LogP contribution in [-0.4, -0.2) is 6.67 Å². The zero-order chi connectivity index (χ0) is 21.5. The Morgan fingerprint density at radius 2 is 1.13 bits per heavy atom. The third kappa shape index (κ3) is 6.23. The summed E-state index contributed by atoms with van der Waals surface area (Å²) >= 11 is 0. The number of allylic oxidation sites excluding steroid dienone is 1. The van der Waals surface area contributed by atoms with E-state index in [9.17, 15) is 4.39 Å². The molecule has 0 heterocycles. The molecule has 0 amide bonds. The summed E-state index contributed by atoms with van der Waals surface area (Å²) in [5.41, 5.74) is 3.17. The standard InChI is InChI=1S/C30H45F/c1-2-3-4-5-23-6-10-25(11-7-23)27-14-18-29(19-15-27)30-20-16-28(17-21-30)26-12-8-24(22-31)9-13-26/h2,14-15,18-19,23-26,28,30H,1,3-13,16-17,20-22H2. The number of rotatable bonds is 8. The Kier molecular flexibility index (Phi) is 8.68. The lowest BCUT2D eigenvalue weighted by atomic mass is 9.68. The molecule has 3 aliphatic carbocycles. The second kappa shape index (κ2) is 11.7. The minimum atomic E-state index is -0.0906. The van der Waals surface area contributed by atoms with Gasteiger partial charge in [0, 0.05) is 0 Å². The van der Waals surface area contributed by atoms with Gasteiger partial charge in [-0.05, 0) is 137 Å². The van der Waals surface area contributed by atoms with Crippen molar-refractivity contribution in [1.29, 1.82) is 0 Å². The third-order valence-electron chi connectivity index (χ3n) is 9.29. The van der Waals surface area contributed by atoms with Crippen LogP contribution in [0.3, 0.4) is 0 Å². The Morgan fingerprint density at radius 1 is 0.677 bits per heavy atom. The molecule has 3 aliphatic rings. The van der Waals surface area contributed by atoms with Crippen molar-refractivity contribution in [1.82, 2.24) is 0 Å². The number of hydrogen-bond acceptors (Lipinski definition) is 0. The van der Waals surface area contributed by atoms with E-state index < -0.39 is 0 Å². The van der Waals surface area contributed by atoms with Crippen molar-refractivity contribution in [2.45, 2.75) is 108 Å². The average molecular weight is 425 g/mol. The first-order chi connectivity index (χ1) is 15.3. The molecule has 0 aromatic heterocycles. The van der Waals surface area contributed by atoms with Crippen LogP contribution in [0.25, 0.3) is 0 Å². The minimum absolute atomic E-state index is 0.0906. The molecule has 0 radical (unpaired) electrons. The fourth-order valence-corrected chi connectivity index (χ4v) is 7.11. The Hall–Kier alpha value is -1.11. The van der Waals surface area contributed by atoms with Gasteiger partial charge < -0.3 is 0 Å². The quantitative estimate of drug-likeness (QED) is 0.288. The molecule has 0 saturated heterocycles. The predicted octanol–water partition coefficient (Wildman–Crippen LogP) is 9.37. The van der Waals surface area contributed by atoms with Gasteiger partial charge in [0.15, 0.2) is 0 Å². The first kappa shape index (κ1) is 23.1. The van der Waals surface area contributed by atoms with Crippen molar-refractivity contribution >= 4 is 0 Å². The lowest BCUT2D eigenvalue weighted by molar-refractivity contribution is 0.148. The Morgan fingerprint density at radius 3 is 1.61 bits per heavy atom. The molecule has 3 fully saturated rings. The first-order valence-electron chi connectivity index (χ1n) is 13.5. The summed E-state index contributed by atoms with van der Waals surface area (Å²) in [6, 6.07) is 9.84. The fraction of sp³-hybridized carbons (Fsp3) is 0.733. The van der Waals surface area contributed by atoms with Gasteiger partial charge in [0.1, 0.15) is 0 Å². The van der Waals surface area contributed by atoms with Crippen LogP contribution >= 0.6 is 0 Å². The van der Waals surface area contributed by atoms with E-state index in [1.54, 1.807) is 11.1 Å². The van der Waals surface area contributed by atoms with E-state index in [4.69, 9.17) is 0 Å². The van der Waals surface area contributed by atoms with Crippen molar-refractivity contribution in [2.24, 2.45) is 23.7 Å². The number of hydrogen-bond donors (Lipinski definition) is 0. The van der Waals surface area contributed by atoms with Crippen molar-refractivity contribution in [3.05, 3.63) is 48.0 Å². The van der Waals surface area contributed by atoms with Crippen LogP contribution in [0.15, 0.2) is 36.9 Å². The molecule has 1 aromatic carbocycles. The molecule has 0 spiro atoms. The molecule has 0 nitrogen and oxygen atoms in total. The summed E-state index contributed by atoms with van der Waals surface area (Å²) < 4.78 is 12.9. The van der Waals surface area contributed by atoms with E-state index in [1.807, 2.05) is 0 Å². The summed E-state index contributed by atoms with van der Waals surface area (Å²) in [6.07, 6.45) is 22.0. The maximum absolute atomic E-state index is 12.9. The minimum Gasteiger partial charge on any atom is -0.251 e. The van der Waals surface area contributed by atoms with Gasteiger partial charge in [0.05, 0.1) is 6.67 Å². The summed E-state index contributed by atoms with van der Waals surface area (Å²) in [4.78, 5) is 0. The number of alkyl halides is 1. The molecule has 4 rings (SSSR count). The van der Waals surface area contributed by atoms with Gasteiger partial charge in [-0.1, -0.05) is 36.8 Å². The smallest absolute Gasteiger partial charge is 0.0922 e. The molecular formula is C30H45F. The molecule has 1 aromatic rings. The van der Waals surface area contributed by atoms with Crippen LogP contribution in [0, 0.1) is 23.7 Å². The van der Waals surface area contributed by atoms with E-state index in [0.29, 0.717) is 5.92 Å². The largest absolute Gasteiger partial charge is 0.251 e. The highest BCUT2D eigenvalue weighted by atomic mass is 19.1. The lowest BCUT2D eigenvalue weighted by Crippen LogP contribution is -2.25. The molecule has 3 saturated carbocycles. The molecule has 0 aliphatic heterocycles. The Bertz CT molecular complexity index is 637. The molecular weight excluding hydrogens is 379 g/mol. The zero-order valence-electron chi connectivity index (χ0n) is 19.7. The number of benzene rings is 1. The van der Waals surface area contributed by atoms with E-state index in [0.717, 1.165) is 42.4 Å². The van der Waals surface area contributed by atoms with Crippen LogP contribution in [-0.2, 0) is 0 Å². The van der Waals surface area contributed by atoms with E-state index in [-0.39, 0.29) is 6.67 Å². The zero-order valence-corrected chi connectivity index (χ0v) is 19.7. The van der Waals surface area contributed by atoms with Gasteiger partial charge in [-0.2, -0.15) is 0 Å². The molecule has 31 heavy (non-hydrogen) atoms. The summed E-state index contributed by atoms with van der Waals surface area (Å²) in [5, 5.41) is 0. The SMILES string of the molecule is C=CCCCC1CCC(c2ccc(C3CCC(C4CCC(CF)CC4)CC3)cc2)CC1. The second-order valence-corrected chi connectivity index (χ2v) is 11.2. The van der Waals surface area contributed by atoms with Crippen LogP contribution < -0.4 is 0 Å². The number of halogens is 1. The monoisotopic (exact) mass is 424 g/mol. The van der Waals surface area contributed by atoms with Crippen LogP contribution in [0.4, 0.5) is 4.39 Å². The molecule has 0 bridgehead atoms. The second-order valence-electron chi connectivity index (χ2n) is 11.2. The van der Waals surface area contributed by atoms with Crippen molar-refractivity contribution in [3.63, 3.8) is 0 Å². The van der Waals surface area contributed by atoms with Gasteiger partial charge in [0.2, 0.25) is 0 Å². The summed E-state index contributed by atoms with van der Waals surface area (Å²) in [7, 11) is 0. The predicted molar refractivity (Wildman–Crippen MR) is 131 cm³/mol. The van der Waals surface area contributed by atoms with Crippen molar-refractivity contribution in [3.8, 4) is 0 Å². The average Bonchev–Trinajstić information content (AvgIpc) is 2.85. The topological polar surface area (TPSA) is 0 Å². The highest BCUT2D eigenvalue weighted by Gasteiger charge is 2.31. The van der Waals surface area contributed by atoms with Crippen molar-refractivity contribution < 1.29 is 4.39 Å². The molecule has 0 unspecified atom stereocenters. The van der Waals surface area contributed by atoms with Crippen molar-refractivity contribution in [2.75, 3.05) is 6.67 Å². The normalized spacial score (nSPS) is 34.4. The molecule has 0 N–H and O–H groups in total. The van der Waals surface area contributed by atoms with Gasteiger partial charge >= 0.3 is 0 Å². The van der Waals surface area contributed by atoms with Crippen LogP contribution in [0.1, 0.15) is 119 Å². The highest BCUT2D eigenvalue weighted by Crippen LogP contribution is 2.44. The molecule has 1 heteroatoms. The van der Waals surface area contributed by atoms with E-state index >= 15 is 0 Å². The maximum Gasteiger partial charge on any atom is 0.0922 e. The fourth-order valence-electron chi connectivity index (χ4n) is 7.11. The van der Waals surface area contributed by atoms with E-state index in [2.05, 4.69) is 36.9 Å². The molecule has 172 valence electrons. The first-order valence-corrected chi connectivity index (χ1v) is 13.5. The van der Waals surface area contributed by atoms with Crippen LogP contribution in [0.2, 0.25) is 0 Å². The maximum atomic E-state index is 12.9. The Labute approximate surface area is 191 Å². The summed E-state index contributed by atoms with van der Waals surface area (Å²) in [5.74, 6) is 4.69. The molecule has 0 atom stereocenters. The van der Waals surface area contributed by atoms with Gasteiger partial charge in [-0.25, -0.2) is 0 Å². The highest BCUT2D eigenvalue weighted by molar-refractivity contribution is 5.28. The number of unbranched alkanes of at least 4 members (excludes halogenated alkanes) is 1. The third-order valence-corrected chi connectivity index (χ3v) is 9.29.